The largest absolute Gasteiger partial charge is 0.380 e. The molecule has 0 aliphatic heterocycles. The first-order valence-corrected chi connectivity index (χ1v) is 7.80. The summed E-state index contributed by atoms with van der Waals surface area (Å²) in [7, 11) is 1.70. The van der Waals surface area contributed by atoms with E-state index in [1.54, 1.807) is 7.11 Å². The lowest BCUT2D eigenvalue weighted by molar-refractivity contribution is -0.123. The topological polar surface area (TPSA) is 50.4 Å². The van der Waals surface area contributed by atoms with E-state index in [1.807, 2.05) is 19.1 Å². The van der Waals surface area contributed by atoms with E-state index in [0.29, 0.717) is 19.2 Å². The van der Waals surface area contributed by atoms with Gasteiger partial charge in [0.2, 0.25) is 5.91 Å². The van der Waals surface area contributed by atoms with Crippen LogP contribution in [0.5, 0.6) is 0 Å². The summed E-state index contributed by atoms with van der Waals surface area (Å²) >= 11 is 0. The molecule has 2 N–H and O–H groups in total. The lowest BCUT2D eigenvalue weighted by Gasteiger charge is -2.18. The molecule has 0 aromatic heterocycles. The maximum Gasteiger partial charge on any atom is 0.237 e. The van der Waals surface area contributed by atoms with Crippen molar-refractivity contribution in [2.24, 2.45) is 0 Å². The summed E-state index contributed by atoms with van der Waals surface area (Å²) in [5, 5.41) is 6.43. The van der Waals surface area contributed by atoms with E-state index in [2.05, 4.69) is 22.8 Å². The summed E-state index contributed by atoms with van der Waals surface area (Å²) in [6.07, 6.45) is 4.71. The minimum atomic E-state index is -0.179. The van der Waals surface area contributed by atoms with Crippen molar-refractivity contribution in [1.82, 2.24) is 10.6 Å². The third-order valence-corrected chi connectivity index (χ3v) is 4.11. The molecule has 4 heteroatoms. The van der Waals surface area contributed by atoms with E-state index in [1.165, 1.54) is 18.4 Å². The standard InChI is InChI=1S/C17H26N2O2/c1-13(17(20)19-16-9-5-6-10-16)18-11-14-7-3-4-8-15(14)12-21-2/h3-4,7-8,13,16,18H,5-6,9-12H2,1-2H3,(H,19,20). The Labute approximate surface area is 127 Å². The molecular weight excluding hydrogens is 264 g/mol. The van der Waals surface area contributed by atoms with Gasteiger partial charge in [0.25, 0.3) is 0 Å². The van der Waals surface area contributed by atoms with Gasteiger partial charge in [-0.05, 0) is 30.9 Å². The Morgan fingerprint density at radius 1 is 1.29 bits per heavy atom. The van der Waals surface area contributed by atoms with Crippen molar-refractivity contribution in [3.05, 3.63) is 35.4 Å². The predicted molar refractivity (Wildman–Crippen MR) is 83.9 cm³/mol. The molecule has 0 bridgehead atoms. The molecule has 21 heavy (non-hydrogen) atoms. The molecule has 1 amide bonds. The zero-order valence-electron chi connectivity index (χ0n) is 13.0. The van der Waals surface area contributed by atoms with Crippen molar-refractivity contribution in [3.8, 4) is 0 Å². The molecule has 0 saturated heterocycles. The Hall–Kier alpha value is -1.39. The summed E-state index contributed by atoms with van der Waals surface area (Å²) in [5.74, 6) is 0.103. The van der Waals surface area contributed by atoms with Gasteiger partial charge in [-0.2, -0.15) is 0 Å². The predicted octanol–water partition coefficient (Wildman–Crippen LogP) is 2.37. The van der Waals surface area contributed by atoms with Crippen LogP contribution in [-0.2, 0) is 22.7 Å². The monoisotopic (exact) mass is 290 g/mol. The number of amides is 1. The molecule has 0 heterocycles. The lowest BCUT2D eigenvalue weighted by atomic mass is 10.1. The highest BCUT2D eigenvalue weighted by Gasteiger charge is 2.20. The molecule has 1 aromatic carbocycles. The van der Waals surface area contributed by atoms with Crippen molar-refractivity contribution in [2.75, 3.05) is 7.11 Å². The summed E-state index contributed by atoms with van der Waals surface area (Å²) in [6.45, 7) is 3.20. The second-order valence-electron chi connectivity index (χ2n) is 5.79. The number of methoxy groups -OCH3 is 1. The van der Waals surface area contributed by atoms with Gasteiger partial charge in [0.05, 0.1) is 12.6 Å². The van der Waals surface area contributed by atoms with E-state index in [-0.39, 0.29) is 11.9 Å². The quantitative estimate of drug-likeness (QED) is 0.810. The second-order valence-corrected chi connectivity index (χ2v) is 5.79. The van der Waals surface area contributed by atoms with Crippen LogP contribution >= 0.6 is 0 Å². The smallest absolute Gasteiger partial charge is 0.237 e. The molecule has 1 unspecified atom stereocenters. The van der Waals surface area contributed by atoms with Crippen molar-refractivity contribution < 1.29 is 9.53 Å². The number of rotatable bonds is 7. The first-order chi connectivity index (χ1) is 10.2. The van der Waals surface area contributed by atoms with Crippen LogP contribution in [0.25, 0.3) is 0 Å². The van der Waals surface area contributed by atoms with Gasteiger partial charge in [-0.25, -0.2) is 0 Å². The number of carbonyl (C=O) groups excluding carboxylic acids is 1. The van der Waals surface area contributed by atoms with Crippen LogP contribution < -0.4 is 10.6 Å². The van der Waals surface area contributed by atoms with Crippen LogP contribution in [0.3, 0.4) is 0 Å². The molecule has 1 aliphatic rings. The lowest BCUT2D eigenvalue weighted by Crippen LogP contribution is -2.45. The second kappa shape index (κ2) is 8.15. The van der Waals surface area contributed by atoms with Crippen LogP contribution in [0, 0.1) is 0 Å². The third-order valence-electron chi connectivity index (χ3n) is 4.11. The van der Waals surface area contributed by atoms with E-state index >= 15 is 0 Å². The minimum absolute atomic E-state index is 0.103. The Kier molecular flexibility index (Phi) is 6.21. The molecular formula is C17H26N2O2. The fraction of sp³-hybridized carbons (Fsp3) is 0.588. The van der Waals surface area contributed by atoms with Crippen LogP contribution in [0.2, 0.25) is 0 Å². The Morgan fingerprint density at radius 2 is 1.95 bits per heavy atom. The Balaban J connectivity index is 1.82. The molecule has 1 atom stereocenters. The molecule has 0 spiro atoms. The number of ether oxygens (including phenoxy) is 1. The van der Waals surface area contributed by atoms with Crippen molar-refractivity contribution in [2.45, 2.75) is 57.8 Å². The summed E-state index contributed by atoms with van der Waals surface area (Å²) in [6, 6.07) is 8.35. The van der Waals surface area contributed by atoms with E-state index < -0.39 is 0 Å². The minimum Gasteiger partial charge on any atom is -0.380 e. The number of benzene rings is 1. The van der Waals surface area contributed by atoms with Gasteiger partial charge in [-0.15, -0.1) is 0 Å². The summed E-state index contributed by atoms with van der Waals surface area (Å²) in [5.41, 5.74) is 2.34. The first-order valence-electron chi connectivity index (χ1n) is 7.80. The molecule has 2 rings (SSSR count). The first kappa shape index (κ1) is 16.0. The Morgan fingerprint density at radius 3 is 2.62 bits per heavy atom. The highest BCUT2D eigenvalue weighted by molar-refractivity contribution is 5.81. The van der Waals surface area contributed by atoms with Gasteiger partial charge in [-0.1, -0.05) is 37.1 Å². The maximum atomic E-state index is 12.1. The van der Waals surface area contributed by atoms with Crippen molar-refractivity contribution in [1.29, 1.82) is 0 Å². The van der Waals surface area contributed by atoms with Gasteiger partial charge in [0.1, 0.15) is 0 Å². The third kappa shape index (κ3) is 4.83. The summed E-state index contributed by atoms with van der Waals surface area (Å²) < 4.78 is 5.20. The van der Waals surface area contributed by atoms with Gasteiger partial charge in [-0.3, -0.25) is 4.79 Å². The van der Waals surface area contributed by atoms with Crippen molar-refractivity contribution >= 4 is 5.91 Å². The van der Waals surface area contributed by atoms with Gasteiger partial charge in [0, 0.05) is 19.7 Å². The molecule has 116 valence electrons. The average molecular weight is 290 g/mol. The average Bonchev–Trinajstić information content (AvgIpc) is 2.99. The molecule has 1 fully saturated rings. The van der Waals surface area contributed by atoms with Crippen LogP contribution in [0.1, 0.15) is 43.7 Å². The molecule has 1 saturated carbocycles. The van der Waals surface area contributed by atoms with E-state index in [0.717, 1.165) is 18.4 Å². The number of carbonyl (C=O) groups is 1. The summed E-state index contributed by atoms with van der Waals surface area (Å²) in [4.78, 5) is 12.1. The van der Waals surface area contributed by atoms with Crippen LogP contribution in [0.15, 0.2) is 24.3 Å². The zero-order chi connectivity index (χ0) is 15.1. The number of hydrogen-bond acceptors (Lipinski definition) is 3. The molecule has 4 nitrogen and oxygen atoms in total. The van der Waals surface area contributed by atoms with Gasteiger partial charge < -0.3 is 15.4 Å². The fourth-order valence-electron chi connectivity index (χ4n) is 2.78. The molecule has 0 radical (unpaired) electrons. The number of nitrogens with one attached hydrogen (secondary N) is 2. The molecule has 1 aliphatic carbocycles. The number of hydrogen-bond donors (Lipinski definition) is 2. The molecule has 1 aromatic rings. The zero-order valence-corrected chi connectivity index (χ0v) is 13.0. The maximum absolute atomic E-state index is 12.1. The highest BCUT2D eigenvalue weighted by atomic mass is 16.5. The van der Waals surface area contributed by atoms with E-state index in [9.17, 15) is 4.79 Å². The van der Waals surface area contributed by atoms with E-state index in [4.69, 9.17) is 4.74 Å². The SMILES string of the molecule is COCc1ccccc1CNC(C)C(=O)NC1CCCC1. The normalized spacial score (nSPS) is 16.9. The van der Waals surface area contributed by atoms with Crippen molar-refractivity contribution in [3.63, 3.8) is 0 Å². The fourth-order valence-corrected chi connectivity index (χ4v) is 2.78. The van der Waals surface area contributed by atoms with Gasteiger partial charge >= 0.3 is 0 Å². The van der Waals surface area contributed by atoms with Gasteiger partial charge in [0.15, 0.2) is 0 Å². The van der Waals surface area contributed by atoms with Crippen LogP contribution in [0.4, 0.5) is 0 Å². The van der Waals surface area contributed by atoms with Crippen LogP contribution in [-0.4, -0.2) is 25.1 Å². The highest BCUT2D eigenvalue weighted by Crippen LogP contribution is 2.17. The Bertz CT molecular complexity index is 456.